The summed E-state index contributed by atoms with van der Waals surface area (Å²) in [7, 11) is 1.00. The van der Waals surface area contributed by atoms with E-state index in [9.17, 15) is 19.1 Å². The molecule has 2 N–H and O–H groups in total. The lowest BCUT2D eigenvalue weighted by atomic mass is 10.1. The fourth-order valence-corrected chi connectivity index (χ4v) is 3.82. The zero-order valence-corrected chi connectivity index (χ0v) is 18.7. The summed E-state index contributed by atoms with van der Waals surface area (Å²) < 4.78 is 21.0. The molecule has 8 nitrogen and oxygen atoms in total. The van der Waals surface area contributed by atoms with Gasteiger partial charge in [-0.15, -0.1) is 0 Å². The molecular formula is C22H32FN3O5. The van der Waals surface area contributed by atoms with Crippen LogP contribution in [0.25, 0.3) is 5.52 Å². The van der Waals surface area contributed by atoms with Crippen molar-refractivity contribution in [3.8, 4) is 0 Å². The first-order valence-electron chi connectivity index (χ1n) is 10.8. The van der Waals surface area contributed by atoms with Crippen LogP contribution in [0.1, 0.15) is 74.1 Å². The van der Waals surface area contributed by atoms with Crippen molar-refractivity contribution in [2.75, 3.05) is 31.7 Å². The second-order valence-electron chi connectivity index (χ2n) is 7.02. The molecule has 3 heterocycles. The number of hydrogen-bond acceptors (Lipinski definition) is 7. The van der Waals surface area contributed by atoms with Gasteiger partial charge in [0, 0.05) is 31.7 Å². The highest BCUT2D eigenvalue weighted by atomic mass is 19.1. The van der Waals surface area contributed by atoms with Gasteiger partial charge in [0.25, 0.3) is 5.56 Å². The zero-order chi connectivity index (χ0) is 23.1. The number of carbonyl (C=O) groups is 1. The standard InChI is InChI=1S/C19H22FN3O4.C2H6.CH4O/c1-2-27-19(26)15-18(25)23-9-13(20)16(22-7-3-4-8-22)12(10-24)17(23)14(21-15)11-5-6-11;2*1-2/h9,11,24H,2-8,10H2,1H3;1-2H3;2H,1H3. The number of fused-ring (bicyclic) bond motifs is 1. The minimum atomic E-state index is -0.812. The fourth-order valence-electron chi connectivity index (χ4n) is 3.82. The predicted octanol–water partition coefficient (Wildman–Crippen LogP) is 2.61. The SMILES string of the molecule is CC.CCOC(=O)c1nc(C2CC2)c2c(CO)c(N3CCCC3)c(F)cn2c1=O.CO. The molecule has 1 saturated carbocycles. The van der Waals surface area contributed by atoms with Crippen molar-refractivity contribution >= 4 is 17.2 Å². The van der Waals surface area contributed by atoms with Gasteiger partial charge in [-0.3, -0.25) is 9.20 Å². The number of aliphatic hydroxyl groups is 2. The molecule has 0 aromatic carbocycles. The van der Waals surface area contributed by atoms with E-state index in [1.807, 2.05) is 18.7 Å². The molecule has 2 fully saturated rings. The fraction of sp³-hybridized carbons (Fsp3) is 0.591. The highest BCUT2D eigenvalue weighted by Crippen LogP contribution is 2.43. The molecule has 0 radical (unpaired) electrons. The molecule has 0 bridgehead atoms. The van der Waals surface area contributed by atoms with Crippen LogP contribution in [-0.2, 0) is 11.3 Å². The molecule has 1 saturated heterocycles. The third-order valence-electron chi connectivity index (χ3n) is 5.19. The number of halogens is 1. The van der Waals surface area contributed by atoms with Crippen molar-refractivity contribution in [2.45, 2.75) is 59.0 Å². The van der Waals surface area contributed by atoms with Crippen LogP contribution in [0.2, 0.25) is 0 Å². The normalized spacial score (nSPS) is 15.1. The number of anilines is 1. The van der Waals surface area contributed by atoms with Crippen LogP contribution >= 0.6 is 0 Å². The quantitative estimate of drug-likeness (QED) is 0.693. The number of esters is 1. The Balaban J connectivity index is 0.000000807. The topological polar surface area (TPSA) is 104 Å². The van der Waals surface area contributed by atoms with Gasteiger partial charge in [0.1, 0.15) is 0 Å². The third-order valence-corrected chi connectivity index (χ3v) is 5.19. The first-order valence-corrected chi connectivity index (χ1v) is 10.8. The Morgan fingerprint density at radius 3 is 2.39 bits per heavy atom. The largest absolute Gasteiger partial charge is 0.461 e. The lowest BCUT2D eigenvalue weighted by molar-refractivity contribution is 0.0516. The molecule has 31 heavy (non-hydrogen) atoms. The van der Waals surface area contributed by atoms with Crippen LogP contribution in [0.3, 0.4) is 0 Å². The zero-order valence-electron chi connectivity index (χ0n) is 18.7. The van der Waals surface area contributed by atoms with Crippen LogP contribution in [0.4, 0.5) is 10.1 Å². The summed E-state index contributed by atoms with van der Waals surface area (Å²) in [6, 6.07) is 0. The van der Waals surface area contributed by atoms with Gasteiger partial charge in [-0.25, -0.2) is 14.2 Å². The molecule has 0 amide bonds. The lowest BCUT2D eigenvalue weighted by Crippen LogP contribution is -2.29. The number of ether oxygens (including phenoxy) is 1. The summed E-state index contributed by atoms with van der Waals surface area (Å²) in [5, 5.41) is 17.1. The third kappa shape index (κ3) is 4.88. The molecule has 0 atom stereocenters. The van der Waals surface area contributed by atoms with Crippen LogP contribution in [0.15, 0.2) is 11.0 Å². The first-order chi connectivity index (χ1) is 15.1. The predicted molar refractivity (Wildman–Crippen MR) is 116 cm³/mol. The maximum Gasteiger partial charge on any atom is 0.362 e. The second kappa shape index (κ2) is 11.2. The average molecular weight is 438 g/mol. The molecule has 0 unspecified atom stereocenters. The minimum Gasteiger partial charge on any atom is -0.461 e. The van der Waals surface area contributed by atoms with Crippen LogP contribution in [0, 0.1) is 5.82 Å². The smallest absolute Gasteiger partial charge is 0.362 e. The van der Waals surface area contributed by atoms with E-state index in [4.69, 9.17) is 9.84 Å². The van der Waals surface area contributed by atoms with Crippen molar-refractivity contribution in [2.24, 2.45) is 0 Å². The summed E-state index contributed by atoms with van der Waals surface area (Å²) in [5.41, 5.74) is 0.604. The molecule has 0 spiro atoms. The Hall–Kier alpha value is -2.52. The number of pyridine rings is 1. The van der Waals surface area contributed by atoms with Gasteiger partial charge in [0.15, 0.2) is 5.82 Å². The Morgan fingerprint density at radius 2 is 1.87 bits per heavy atom. The lowest BCUT2D eigenvalue weighted by Gasteiger charge is -2.24. The molecule has 4 rings (SSSR count). The van der Waals surface area contributed by atoms with Gasteiger partial charge in [0.05, 0.1) is 36.3 Å². The number of hydrogen-bond donors (Lipinski definition) is 2. The first kappa shape index (κ1) is 24.7. The molecule has 172 valence electrons. The summed E-state index contributed by atoms with van der Waals surface area (Å²) in [4.78, 5) is 31.2. The van der Waals surface area contributed by atoms with Crippen LogP contribution in [0.5, 0.6) is 0 Å². The van der Waals surface area contributed by atoms with E-state index in [2.05, 4.69) is 4.98 Å². The van der Waals surface area contributed by atoms with Crippen LogP contribution < -0.4 is 10.5 Å². The van der Waals surface area contributed by atoms with E-state index in [1.165, 1.54) is 0 Å². The van der Waals surface area contributed by atoms with E-state index >= 15 is 0 Å². The van der Waals surface area contributed by atoms with Crippen LogP contribution in [-0.4, -0.2) is 52.4 Å². The molecule has 1 aliphatic heterocycles. The summed E-state index contributed by atoms with van der Waals surface area (Å²) in [6.07, 6.45) is 4.78. The highest BCUT2D eigenvalue weighted by molar-refractivity contribution is 5.88. The van der Waals surface area contributed by atoms with E-state index < -0.39 is 24.0 Å². The van der Waals surface area contributed by atoms with E-state index in [0.717, 1.165) is 43.4 Å². The summed E-state index contributed by atoms with van der Waals surface area (Å²) in [6.45, 7) is 6.76. The van der Waals surface area contributed by atoms with Crippen molar-refractivity contribution in [1.82, 2.24) is 9.38 Å². The second-order valence-corrected chi connectivity index (χ2v) is 7.02. The average Bonchev–Trinajstić information content (AvgIpc) is 3.50. The van der Waals surface area contributed by atoms with Gasteiger partial charge in [0.2, 0.25) is 5.69 Å². The molecular weight excluding hydrogens is 405 g/mol. The van der Waals surface area contributed by atoms with Gasteiger partial charge in [-0.2, -0.15) is 0 Å². The Labute approximate surface area is 181 Å². The molecule has 9 heteroatoms. The van der Waals surface area contributed by atoms with E-state index in [1.54, 1.807) is 6.92 Å². The van der Waals surface area contributed by atoms with Crippen molar-refractivity contribution in [3.05, 3.63) is 39.3 Å². The summed E-state index contributed by atoms with van der Waals surface area (Å²) >= 11 is 0. The number of carbonyl (C=O) groups excluding carboxylic acids is 1. The minimum absolute atomic E-state index is 0.0935. The maximum atomic E-state index is 15.0. The van der Waals surface area contributed by atoms with Crippen molar-refractivity contribution < 1.29 is 24.1 Å². The van der Waals surface area contributed by atoms with Gasteiger partial charge < -0.3 is 19.8 Å². The van der Waals surface area contributed by atoms with Gasteiger partial charge in [-0.1, -0.05) is 13.8 Å². The van der Waals surface area contributed by atoms with Gasteiger partial charge >= 0.3 is 5.97 Å². The maximum absolute atomic E-state index is 15.0. The van der Waals surface area contributed by atoms with Gasteiger partial charge in [-0.05, 0) is 32.6 Å². The van der Waals surface area contributed by atoms with E-state index in [-0.39, 0.29) is 18.2 Å². The molecule has 2 aliphatic rings. The van der Waals surface area contributed by atoms with Crippen molar-refractivity contribution in [3.63, 3.8) is 0 Å². The number of nitrogens with zero attached hydrogens (tertiary/aromatic N) is 3. The molecule has 1 aliphatic carbocycles. The Bertz CT molecular complexity index is 966. The molecule has 2 aromatic heterocycles. The number of aliphatic hydroxyl groups excluding tert-OH is 2. The molecule has 2 aromatic rings. The Kier molecular flexibility index (Phi) is 8.94. The number of aromatic nitrogens is 2. The monoisotopic (exact) mass is 437 g/mol. The summed E-state index contributed by atoms with van der Waals surface area (Å²) in [5.74, 6) is -1.30. The number of rotatable bonds is 5. The Morgan fingerprint density at radius 1 is 1.26 bits per heavy atom. The van der Waals surface area contributed by atoms with E-state index in [0.29, 0.717) is 35.6 Å². The van der Waals surface area contributed by atoms with Crippen molar-refractivity contribution in [1.29, 1.82) is 0 Å². The highest BCUT2D eigenvalue weighted by Gasteiger charge is 2.33.